The Labute approximate surface area is 235 Å². The fourth-order valence-corrected chi connectivity index (χ4v) is 4.19. The predicted octanol–water partition coefficient (Wildman–Crippen LogP) is 1.20. The van der Waals surface area contributed by atoms with Crippen LogP contribution in [0, 0.1) is 4.91 Å². The van der Waals surface area contributed by atoms with Gasteiger partial charge in [-0.3, -0.25) is 14.4 Å². The van der Waals surface area contributed by atoms with Crippen LogP contribution in [-0.2, 0) is 19.1 Å². The number of carboxylic acid groups (broad SMARTS) is 1. The standard InChI is InChI=1S/C27H25NO14/c29-14-10-9-12(11-16(14)40-27-22(35)20(33)21(34)25(42-27)26(36)37)23-24(19(32)13-5-1-2-6-15(13)39-23)41-18(31)8-4-3-7-17(30)28-38/h1-2,5-6,9-11,20-22,25,27,29,33-35H,3-4,7-8H2,(H,36,37). The molecule has 1 aliphatic rings. The largest absolute Gasteiger partial charge is 0.504 e. The second-order valence-electron chi connectivity index (χ2n) is 9.29. The van der Waals surface area contributed by atoms with Gasteiger partial charge in [-0.25, -0.2) is 4.79 Å². The van der Waals surface area contributed by atoms with Crippen molar-refractivity contribution < 1.29 is 58.5 Å². The number of benzene rings is 2. The van der Waals surface area contributed by atoms with E-state index in [0.717, 1.165) is 12.1 Å². The van der Waals surface area contributed by atoms with Crippen LogP contribution in [0.5, 0.6) is 17.2 Å². The van der Waals surface area contributed by atoms with Crippen molar-refractivity contribution in [1.82, 2.24) is 0 Å². The third kappa shape index (κ3) is 6.44. The smallest absolute Gasteiger partial charge is 0.335 e. The first kappa shape index (κ1) is 30.3. The summed E-state index contributed by atoms with van der Waals surface area (Å²) < 4.78 is 21.8. The average Bonchev–Trinajstić information content (AvgIpc) is 2.97. The fourth-order valence-electron chi connectivity index (χ4n) is 4.19. The van der Waals surface area contributed by atoms with Crippen molar-refractivity contribution in [3.05, 3.63) is 57.6 Å². The summed E-state index contributed by atoms with van der Waals surface area (Å²) in [6, 6.07) is 9.64. The molecule has 15 nitrogen and oxygen atoms in total. The van der Waals surface area contributed by atoms with Gasteiger partial charge in [-0.2, -0.15) is 0 Å². The second-order valence-corrected chi connectivity index (χ2v) is 9.29. The number of aliphatic hydroxyl groups excluding tert-OH is 3. The van der Waals surface area contributed by atoms with Gasteiger partial charge in [0.05, 0.1) is 5.39 Å². The molecular weight excluding hydrogens is 562 g/mol. The van der Waals surface area contributed by atoms with Gasteiger partial charge in [0.1, 0.15) is 23.9 Å². The zero-order valence-corrected chi connectivity index (χ0v) is 21.6. The number of rotatable bonds is 10. The molecule has 4 rings (SSSR count). The van der Waals surface area contributed by atoms with Crippen LogP contribution in [0.1, 0.15) is 25.7 Å². The van der Waals surface area contributed by atoms with Crippen molar-refractivity contribution in [3.8, 4) is 28.6 Å². The number of aliphatic carboxylic acids is 1. The Kier molecular flexibility index (Phi) is 9.27. The molecule has 0 saturated carbocycles. The van der Waals surface area contributed by atoms with Gasteiger partial charge < -0.3 is 44.2 Å². The number of fused-ring (bicyclic) bond motifs is 1. The Hall–Kier alpha value is -4.70. The van der Waals surface area contributed by atoms with E-state index < -0.39 is 71.2 Å². The van der Waals surface area contributed by atoms with E-state index >= 15 is 0 Å². The van der Waals surface area contributed by atoms with Crippen LogP contribution in [0.3, 0.4) is 0 Å². The van der Waals surface area contributed by atoms with Crippen LogP contribution in [0.25, 0.3) is 22.3 Å². The van der Waals surface area contributed by atoms with Gasteiger partial charge in [0.15, 0.2) is 23.4 Å². The number of aromatic hydroxyl groups is 1. The minimum atomic E-state index is -1.97. The number of ether oxygens (including phenoxy) is 3. The highest BCUT2D eigenvalue weighted by Gasteiger charge is 2.48. The van der Waals surface area contributed by atoms with Crippen molar-refractivity contribution in [2.75, 3.05) is 0 Å². The van der Waals surface area contributed by atoms with Gasteiger partial charge in [0, 0.05) is 23.6 Å². The van der Waals surface area contributed by atoms with Crippen LogP contribution in [0.4, 0.5) is 0 Å². The van der Waals surface area contributed by atoms with Gasteiger partial charge >= 0.3 is 11.9 Å². The van der Waals surface area contributed by atoms with Crippen molar-refractivity contribution in [1.29, 1.82) is 0 Å². The van der Waals surface area contributed by atoms with E-state index in [0.29, 0.717) is 0 Å². The lowest BCUT2D eigenvalue weighted by Gasteiger charge is -2.38. The van der Waals surface area contributed by atoms with Gasteiger partial charge in [-0.15, -0.1) is 4.91 Å². The Balaban J connectivity index is 1.67. The molecule has 3 aromatic rings. The van der Waals surface area contributed by atoms with E-state index in [9.17, 15) is 49.6 Å². The number of amides is 1. The molecule has 0 bridgehead atoms. The molecule has 0 radical (unpaired) electrons. The van der Waals surface area contributed by atoms with E-state index in [2.05, 4.69) is 5.18 Å². The molecular formula is C27H25NO14. The molecule has 0 spiro atoms. The van der Waals surface area contributed by atoms with Crippen LogP contribution in [-0.4, -0.2) is 74.1 Å². The highest BCUT2D eigenvalue weighted by atomic mass is 16.7. The summed E-state index contributed by atoms with van der Waals surface area (Å²) in [6.45, 7) is 0. The average molecular weight is 587 g/mol. The number of hydrogen-bond acceptors (Lipinski definition) is 13. The molecule has 1 amide bonds. The number of esters is 1. The monoisotopic (exact) mass is 587 g/mol. The minimum absolute atomic E-state index is 0.0387. The summed E-state index contributed by atoms with van der Waals surface area (Å²) in [4.78, 5) is 58.6. The Morgan fingerprint density at radius 1 is 0.952 bits per heavy atom. The number of phenols is 1. The highest BCUT2D eigenvalue weighted by molar-refractivity contribution is 5.84. The summed E-state index contributed by atoms with van der Waals surface area (Å²) in [5.74, 6) is -5.03. The normalized spacial score (nSPS) is 21.9. The maximum Gasteiger partial charge on any atom is 0.335 e. The SMILES string of the molecule is O=NC(=O)CCCCC(=O)Oc1c(-c2ccc(O)c(OC3OC(C(=O)O)C(O)C(O)C3O)c2)oc2ccccc2c1=O. The number of para-hydroxylation sites is 1. The first-order valence-corrected chi connectivity index (χ1v) is 12.6. The molecule has 1 aliphatic heterocycles. The molecule has 2 heterocycles. The molecule has 1 fully saturated rings. The zero-order valence-electron chi connectivity index (χ0n) is 21.6. The van der Waals surface area contributed by atoms with Crippen molar-refractivity contribution in [2.24, 2.45) is 5.18 Å². The molecule has 1 saturated heterocycles. The number of carbonyl (C=O) groups is 3. The Morgan fingerprint density at radius 2 is 1.67 bits per heavy atom. The molecule has 2 aromatic carbocycles. The number of carboxylic acids is 1. The summed E-state index contributed by atoms with van der Waals surface area (Å²) >= 11 is 0. The lowest BCUT2D eigenvalue weighted by Crippen LogP contribution is -2.61. The van der Waals surface area contributed by atoms with Crippen LogP contribution >= 0.6 is 0 Å². The molecule has 0 aliphatic carbocycles. The molecule has 5 unspecified atom stereocenters. The Morgan fingerprint density at radius 3 is 2.38 bits per heavy atom. The molecule has 15 heteroatoms. The first-order valence-electron chi connectivity index (χ1n) is 12.6. The number of aliphatic hydroxyl groups is 3. The number of phenolic OH excluding ortho intramolecular Hbond substituents is 1. The Bertz CT molecular complexity index is 1570. The van der Waals surface area contributed by atoms with Gasteiger partial charge in [0.2, 0.25) is 17.5 Å². The molecule has 42 heavy (non-hydrogen) atoms. The van der Waals surface area contributed by atoms with E-state index in [1.807, 2.05) is 0 Å². The van der Waals surface area contributed by atoms with Crippen molar-refractivity contribution >= 4 is 28.8 Å². The highest BCUT2D eigenvalue weighted by Crippen LogP contribution is 2.38. The van der Waals surface area contributed by atoms with Crippen LogP contribution in [0.15, 0.2) is 56.9 Å². The number of nitrogens with zero attached hydrogens (tertiary/aromatic N) is 1. The third-order valence-corrected chi connectivity index (χ3v) is 6.37. The fraction of sp³-hybridized carbons (Fsp3) is 0.333. The number of nitroso groups, excluding NO2 is 1. The first-order chi connectivity index (χ1) is 20.0. The van der Waals surface area contributed by atoms with Gasteiger partial charge in [-0.05, 0) is 43.2 Å². The summed E-state index contributed by atoms with van der Waals surface area (Å²) in [6.07, 6.45) is -9.70. The quantitative estimate of drug-likeness (QED) is 0.127. The van der Waals surface area contributed by atoms with Gasteiger partial charge in [0.25, 0.3) is 5.91 Å². The predicted molar refractivity (Wildman–Crippen MR) is 139 cm³/mol. The zero-order chi connectivity index (χ0) is 30.6. The van der Waals surface area contributed by atoms with E-state index in [-0.39, 0.29) is 48.0 Å². The van der Waals surface area contributed by atoms with Crippen LogP contribution in [0.2, 0.25) is 0 Å². The summed E-state index contributed by atoms with van der Waals surface area (Å²) in [7, 11) is 0. The van der Waals surface area contributed by atoms with E-state index in [1.165, 1.54) is 18.2 Å². The van der Waals surface area contributed by atoms with Crippen molar-refractivity contribution in [2.45, 2.75) is 56.4 Å². The third-order valence-electron chi connectivity index (χ3n) is 6.37. The van der Waals surface area contributed by atoms with Gasteiger partial charge in [-0.1, -0.05) is 12.1 Å². The second kappa shape index (κ2) is 12.9. The number of unbranched alkanes of at least 4 members (excludes halogenated alkanes) is 1. The lowest BCUT2D eigenvalue weighted by molar-refractivity contribution is -0.271. The maximum atomic E-state index is 13.3. The lowest BCUT2D eigenvalue weighted by atomic mass is 9.99. The summed E-state index contributed by atoms with van der Waals surface area (Å²) in [5.41, 5.74) is -0.541. The number of carbonyl (C=O) groups excluding carboxylic acids is 2. The topological polar surface area (TPSA) is 240 Å². The van der Waals surface area contributed by atoms with Crippen LogP contribution < -0.4 is 14.9 Å². The number of hydrogen-bond donors (Lipinski definition) is 5. The molecule has 1 aromatic heterocycles. The minimum Gasteiger partial charge on any atom is -0.504 e. The van der Waals surface area contributed by atoms with E-state index in [1.54, 1.807) is 12.1 Å². The molecule has 5 atom stereocenters. The summed E-state index contributed by atoms with van der Waals surface area (Å²) in [5, 5.41) is 52.3. The van der Waals surface area contributed by atoms with E-state index in [4.69, 9.17) is 18.6 Å². The maximum absolute atomic E-state index is 13.3. The molecule has 5 N–H and O–H groups in total. The van der Waals surface area contributed by atoms with Crippen molar-refractivity contribution in [3.63, 3.8) is 0 Å². The molecule has 222 valence electrons.